The molecular formula is C13H22ClN3O4S2. The molecule has 132 valence electrons. The summed E-state index contributed by atoms with van der Waals surface area (Å²) >= 11 is 0. The summed E-state index contributed by atoms with van der Waals surface area (Å²) in [7, 11) is -5.94. The number of nitrogens with two attached hydrogens (primary N) is 1. The molecule has 1 atom stereocenters. The first-order valence-corrected chi connectivity index (χ1v) is 9.91. The molecule has 0 aliphatic carbocycles. The standard InChI is InChI=1S/C13H21N3O4S2.ClH/c1-10-8-12(5-6-13(10)21(17,18)15-2)22(19,20)16-7-3-4-11(14)9-16;/h5-6,8,11,15H,3-4,7,9,14H2,1-2H3;1H. The van der Waals surface area contributed by atoms with Gasteiger partial charge in [-0.05, 0) is 50.6 Å². The van der Waals surface area contributed by atoms with Crippen LogP contribution in [0.4, 0.5) is 0 Å². The highest BCUT2D eigenvalue weighted by Gasteiger charge is 2.29. The second-order valence-corrected chi connectivity index (χ2v) is 9.19. The highest BCUT2D eigenvalue weighted by Crippen LogP contribution is 2.24. The SMILES string of the molecule is CNS(=O)(=O)c1ccc(S(=O)(=O)N2CCCC(N)C2)cc1C.Cl. The van der Waals surface area contributed by atoms with Gasteiger partial charge in [-0.2, -0.15) is 4.31 Å². The molecule has 1 aromatic carbocycles. The molecule has 1 fully saturated rings. The third-order valence-electron chi connectivity index (χ3n) is 3.76. The van der Waals surface area contributed by atoms with Crippen LogP contribution in [0, 0.1) is 6.92 Å². The minimum absolute atomic E-state index is 0. The van der Waals surface area contributed by atoms with Crippen molar-refractivity contribution in [2.75, 3.05) is 20.1 Å². The summed E-state index contributed by atoms with van der Waals surface area (Å²) in [5.41, 5.74) is 6.22. The Hall–Kier alpha value is -0.710. The van der Waals surface area contributed by atoms with Crippen LogP contribution in [0.15, 0.2) is 28.0 Å². The van der Waals surface area contributed by atoms with E-state index in [0.717, 1.165) is 12.8 Å². The second-order valence-electron chi connectivity index (χ2n) is 5.40. The van der Waals surface area contributed by atoms with Crippen molar-refractivity contribution >= 4 is 32.5 Å². The lowest BCUT2D eigenvalue weighted by Crippen LogP contribution is -2.45. The first kappa shape index (κ1) is 20.3. The minimum Gasteiger partial charge on any atom is -0.327 e. The maximum absolute atomic E-state index is 12.6. The number of piperidine rings is 1. The molecule has 1 aliphatic heterocycles. The largest absolute Gasteiger partial charge is 0.327 e. The molecule has 0 aromatic heterocycles. The van der Waals surface area contributed by atoms with Gasteiger partial charge in [-0.15, -0.1) is 12.4 Å². The fourth-order valence-corrected chi connectivity index (χ4v) is 5.11. The Morgan fingerprint density at radius 2 is 1.91 bits per heavy atom. The van der Waals surface area contributed by atoms with Gasteiger partial charge in [0.2, 0.25) is 20.0 Å². The predicted molar refractivity (Wildman–Crippen MR) is 90.6 cm³/mol. The van der Waals surface area contributed by atoms with Gasteiger partial charge in [0.1, 0.15) is 0 Å². The summed E-state index contributed by atoms with van der Waals surface area (Å²) in [6, 6.07) is 3.87. The Morgan fingerprint density at radius 3 is 2.43 bits per heavy atom. The summed E-state index contributed by atoms with van der Waals surface area (Å²) in [6.45, 7) is 2.30. The van der Waals surface area contributed by atoms with E-state index in [1.54, 1.807) is 6.92 Å². The zero-order chi connectivity index (χ0) is 16.5. The van der Waals surface area contributed by atoms with Crippen LogP contribution in [0.2, 0.25) is 0 Å². The molecule has 10 heteroatoms. The first-order chi connectivity index (χ1) is 10.2. The molecule has 0 amide bonds. The Morgan fingerprint density at radius 1 is 1.26 bits per heavy atom. The molecule has 23 heavy (non-hydrogen) atoms. The smallest absolute Gasteiger partial charge is 0.243 e. The lowest BCUT2D eigenvalue weighted by Gasteiger charge is -2.30. The Labute approximate surface area is 143 Å². The highest BCUT2D eigenvalue weighted by atomic mass is 35.5. The molecule has 1 unspecified atom stereocenters. The van der Waals surface area contributed by atoms with E-state index in [0.29, 0.717) is 12.1 Å². The van der Waals surface area contributed by atoms with Crippen LogP contribution in [0.1, 0.15) is 18.4 Å². The van der Waals surface area contributed by atoms with Crippen molar-refractivity contribution in [3.63, 3.8) is 0 Å². The van der Waals surface area contributed by atoms with Crippen molar-refractivity contribution in [2.45, 2.75) is 35.6 Å². The van der Waals surface area contributed by atoms with Crippen molar-refractivity contribution in [2.24, 2.45) is 5.73 Å². The van der Waals surface area contributed by atoms with E-state index >= 15 is 0 Å². The van der Waals surface area contributed by atoms with Gasteiger partial charge in [-0.1, -0.05) is 0 Å². The molecule has 0 bridgehead atoms. The van der Waals surface area contributed by atoms with Gasteiger partial charge >= 0.3 is 0 Å². The number of nitrogens with one attached hydrogen (secondary N) is 1. The number of benzene rings is 1. The number of nitrogens with zero attached hydrogens (tertiary/aromatic N) is 1. The third kappa shape index (κ3) is 4.23. The van der Waals surface area contributed by atoms with Gasteiger partial charge in [0.25, 0.3) is 0 Å². The van der Waals surface area contributed by atoms with Crippen molar-refractivity contribution < 1.29 is 16.8 Å². The average molecular weight is 384 g/mol. The van der Waals surface area contributed by atoms with Crippen LogP contribution in [0.5, 0.6) is 0 Å². The van der Waals surface area contributed by atoms with Gasteiger partial charge in [0.15, 0.2) is 0 Å². The van der Waals surface area contributed by atoms with Crippen molar-refractivity contribution in [1.82, 2.24) is 9.03 Å². The van der Waals surface area contributed by atoms with Crippen molar-refractivity contribution in [3.05, 3.63) is 23.8 Å². The molecule has 0 saturated carbocycles. The summed E-state index contributed by atoms with van der Waals surface area (Å²) in [5.74, 6) is 0. The molecule has 0 spiro atoms. The van der Waals surface area contributed by atoms with Crippen LogP contribution in [0.3, 0.4) is 0 Å². The van der Waals surface area contributed by atoms with Gasteiger partial charge in [-0.3, -0.25) is 0 Å². The van der Waals surface area contributed by atoms with Gasteiger partial charge in [0, 0.05) is 19.1 Å². The van der Waals surface area contributed by atoms with Crippen LogP contribution in [0.25, 0.3) is 0 Å². The normalized spacial score (nSPS) is 20.0. The van der Waals surface area contributed by atoms with Crippen molar-refractivity contribution in [3.8, 4) is 0 Å². The van der Waals surface area contributed by atoms with Crippen LogP contribution >= 0.6 is 12.4 Å². The number of hydrogen-bond donors (Lipinski definition) is 2. The first-order valence-electron chi connectivity index (χ1n) is 6.98. The van der Waals surface area contributed by atoms with Crippen molar-refractivity contribution in [1.29, 1.82) is 0 Å². The second kappa shape index (κ2) is 7.45. The molecule has 2 rings (SSSR count). The summed E-state index contributed by atoms with van der Waals surface area (Å²) in [4.78, 5) is 0.165. The number of rotatable bonds is 4. The monoisotopic (exact) mass is 383 g/mol. The van der Waals surface area contributed by atoms with Crippen LogP contribution < -0.4 is 10.5 Å². The molecular weight excluding hydrogens is 362 g/mol. The third-order valence-corrected chi connectivity index (χ3v) is 7.20. The minimum atomic E-state index is -3.65. The Kier molecular flexibility index (Phi) is 6.59. The lowest BCUT2D eigenvalue weighted by atomic mass is 10.1. The van der Waals surface area contributed by atoms with Gasteiger partial charge < -0.3 is 5.73 Å². The molecule has 1 heterocycles. The topological polar surface area (TPSA) is 110 Å². The predicted octanol–water partition coefficient (Wildman–Crippen LogP) is 0.437. The summed E-state index contributed by atoms with van der Waals surface area (Å²) in [6.07, 6.45) is 1.54. The van der Waals surface area contributed by atoms with Crippen LogP contribution in [-0.4, -0.2) is 47.3 Å². The maximum atomic E-state index is 12.6. The number of sulfonamides is 2. The number of hydrogen-bond acceptors (Lipinski definition) is 5. The van der Waals surface area contributed by atoms with E-state index in [1.807, 2.05) is 0 Å². The van der Waals surface area contributed by atoms with Gasteiger partial charge in [0.05, 0.1) is 9.79 Å². The van der Waals surface area contributed by atoms with E-state index in [9.17, 15) is 16.8 Å². The summed E-state index contributed by atoms with van der Waals surface area (Å²) < 4.78 is 52.5. The van der Waals surface area contributed by atoms with E-state index < -0.39 is 20.0 Å². The molecule has 0 radical (unpaired) electrons. The van der Waals surface area contributed by atoms with E-state index in [4.69, 9.17) is 5.73 Å². The zero-order valence-corrected chi connectivity index (χ0v) is 15.5. The Bertz CT molecular complexity index is 765. The fraction of sp³-hybridized carbons (Fsp3) is 0.538. The molecule has 1 aromatic rings. The molecule has 7 nitrogen and oxygen atoms in total. The number of halogens is 1. The molecule has 3 N–H and O–H groups in total. The van der Waals surface area contributed by atoms with E-state index in [-0.39, 0.29) is 34.8 Å². The Balaban J connectivity index is 0.00000264. The quantitative estimate of drug-likeness (QED) is 0.783. The fourth-order valence-electron chi connectivity index (χ4n) is 2.54. The maximum Gasteiger partial charge on any atom is 0.243 e. The average Bonchev–Trinajstić information content (AvgIpc) is 2.46. The lowest BCUT2D eigenvalue weighted by molar-refractivity contribution is 0.316. The number of aryl methyl sites for hydroxylation is 1. The van der Waals surface area contributed by atoms with Crippen LogP contribution in [-0.2, 0) is 20.0 Å². The highest BCUT2D eigenvalue weighted by molar-refractivity contribution is 7.89. The molecule has 1 aliphatic rings. The van der Waals surface area contributed by atoms with Gasteiger partial charge in [-0.25, -0.2) is 21.6 Å². The summed E-state index contributed by atoms with van der Waals surface area (Å²) in [5, 5.41) is 0. The van der Waals surface area contributed by atoms with E-state index in [2.05, 4.69) is 4.72 Å². The molecule has 1 saturated heterocycles. The van der Waals surface area contributed by atoms with E-state index in [1.165, 1.54) is 29.6 Å². The zero-order valence-electron chi connectivity index (χ0n) is 13.0.